The molecule has 8 nitrogen and oxygen atoms in total. The molecule has 0 aliphatic carbocycles. The molecule has 1 aliphatic heterocycles. The fraction of sp³-hybridized carbons (Fsp3) is 0.316. The number of hydrogen-bond acceptors (Lipinski definition) is 6. The first-order valence-electron chi connectivity index (χ1n) is 8.61. The van der Waals surface area contributed by atoms with Gasteiger partial charge in [-0.25, -0.2) is 0 Å². The Kier molecular flexibility index (Phi) is 6.01. The molecule has 148 valence electrons. The number of carbonyl (C=O) groups is 1. The third kappa shape index (κ3) is 4.35. The van der Waals surface area contributed by atoms with Gasteiger partial charge in [0.15, 0.2) is 11.5 Å². The molecule has 0 saturated carbocycles. The Morgan fingerprint density at radius 2 is 1.89 bits per heavy atom. The lowest BCUT2D eigenvalue weighted by atomic mass is 9.99. The largest absolute Gasteiger partial charge is 0.493 e. The van der Waals surface area contributed by atoms with Crippen molar-refractivity contribution in [3.63, 3.8) is 0 Å². The summed E-state index contributed by atoms with van der Waals surface area (Å²) in [5, 5.41) is 14.0. The molecular weight excluding hydrogens is 386 g/mol. The first-order chi connectivity index (χ1) is 13.4. The average Bonchev–Trinajstić information content (AvgIpc) is 2.67. The van der Waals surface area contributed by atoms with Crippen molar-refractivity contribution in [1.29, 1.82) is 0 Å². The topological polar surface area (TPSA) is 93.9 Å². The highest BCUT2D eigenvalue weighted by Crippen LogP contribution is 2.33. The van der Waals surface area contributed by atoms with E-state index in [-0.39, 0.29) is 28.8 Å². The molecule has 0 radical (unpaired) electrons. The van der Waals surface area contributed by atoms with E-state index in [0.29, 0.717) is 24.6 Å². The van der Waals surface area contributed by atoms with Gasteiger partial charge in [0.25, 0.3) is 5.69 Å². The number of nitrogens with one attached hydrogen (secondary N) is 1. The van der Waals surface area contributed by atoms with Gasteiger partial charge in [0, 0.05) is 24.2 Å². The Hall–Kier alpha value is -2.84. The van der Waals surface area contributed by atoms with Crippen LogP contribution in [0, 0.1) is 10.1 Å². The number of nitro groups is 1. The van der Waals surface area contributed by atoms with E-state index in [1.165, 1.54) is 18.2 Å². The van der Waals surface area contributed by atoms with Crippen molar-refractivity contribution in [1.82, 2.24) is 4.90 Å². The molecule has 1 amide bonds. The van der Waals surface area contributed by atoms with Crippen molar-refractivity contribution in [2.75, 3.05) is 32.6 Å². The smallest absolute Gasteiger partial charge is 0.294 e. The minimum Gasteiger partial charge on any atom is -0.493 e. The summed E-state index contributed by atoms with van der Waals surface area (Å²) in [7, 11) is 3.18. The first-order valence-corrected chi connectivity index (χ1v) is 8.99. The fourth-order valence-corrected chi connectivity index (χ4v) is 3.40. The predicted octanol–water partition coefficient (Wildman–Crippen LogP) is 3.26. The molecule has 2 aromatic rings. The number of ether oxygens (including phenoxy) is 2. The molecule has 0 atom stereocenters. The van der Waals surface area contributed by atoms with E-state index >= 15 is 0 Å². The van der Waals surface area contributed by atoms with Gasteiger partial charge >= 0.3 is 0 Å². The van der Waals surface area contributed by atoms with Crippen LogP contribution in [0.2, 0.25) is 5.02 Å². The minimum absolute atomic E-state index is 0.119. The summed E-state index contributed by atoms with van der Waals surface area (Å²) in [5.41, 5.74) is 2.11. The molecule has 1 N–H and O–H groups in total. The first kappa shape index (κ1) is 19.9. The summed E-state index contributed by atoms with van der Waals surface area (Å²) in [6.07, 6.45) is 0.768. The van der Waals surface area contributed by atoms with Crippen LogP contribution in [0.4, 0.5) is 11.4 Å². The number of benzene rings is 2. The van der Waals surface area contributed by atoms with E-state index in [1.807, 2.05) is 17.0 Å². The minimum atomic E-state index is -0.571. The summed E-state index contributed by atoms with van der Waals surface area (Å²) in [6, 6.07) is 8.03. The maximum absolute atomic E-state index is 12.4. The van der Waals surface area contributed by atoms with Crippen LogP contribution in [-0.2, 0) is 17.8 Å². The van der Waals surface area contributed by atoms with Crippen LogP contribution in [0.1, 0.15) is 11.1 Å². The fourth-order valence-electron chi connectivity index (χ4n) is 3.23. The van der Waals surface area contributed by atoms with Crippen LogP contribution in [0.15, 0.2) is 30.3 Å². The Morgan fingerprint density at radius 1 is 1.21 bits per heavy atom. The van der Waals surface area contributed by atoms with Crippen LogP contribution in [0.25, 0.3) is 0 Å². The van der Waals surface area contributed by atoms with Gasteiger partial charge < -0.3 is 14.8 Å². The van der Waals surface area contributed by atoms with Crippen molar-refractivity contribution < 1.29 is 19.2 Å². The lowest BCUT2D eigenvalue weighted by Gasteiger charge is -2.29. The molecule has 2 aromatic carbocycles. The summed E-state index contributed by atoms with van der Waals surface area (Å²) >= 11 is 5.80. The summed E-state index contributed by atoms with van der Waals surface area (Å²) < 4.78 is 10.7. The van der Waals surface area contributed by atoms with E-state index in [1.54, 1.807) is 14.2 Å². The van der Waals surface area contributed by atoms with Gasteiger partial charge in [-0.3, -0.25) is 19.8 Å². The van der Waals surface area contributed by atoms with Gasteiger partial charge in [-0.1, -0.05) is 11.6 Å². The van der Waals surface area contributed by atoms with E-state index < -0.39 is 4.92 Å². The highest BCUT2D eigenvalue weighted by atomic mass is 35.5. The number of nitro benzene ring substituents is 1. The molecule has 0 bridgehead atoms. The molecule has 3 rings (SSSR count). The second kappa shape index (κ2) is 8.45. The zero-order chi connectivity index (χ0) is 20.3. The Balaban J connectivity index is 1.69. The van der Waals surface area contributed by atoms with Crippen LogP contribution in [0.5, 0.6) is 11.5 Å². The average molecular weight is 406 g/mol. The predicted molar refractivity (Wildman–Crippen MR) is 105 cm³/mol. The SMILES string of the molecule is COc1cc2c(cc1OC)CN(CC(=O)Nc1ccc(Cl)cc1[N+](=O)[O-])CC2. The van der Waals surface area contributed by atoms with Crippen molar-refractivity contribution in [3.8, 4) is 11.5 Å². The molecule has 0 fully saturated rings. The van der Waals surface area contributed by atoms with Gasteiger partial charge in [-0.05, 0) is 41.8 Å². The second-order valence-electron chi connectivity index (χ2n) is 6.40. The number of carbonyl (C=O) groups excluding carboxylic acids is 1. The number of fused-ring (bicyclic) bond motifs is 1. The Bertz CT molecular complexity index is 919. The number of hydrogen-bond donors (Lipinski definition) is 1. The third-order valence-electron chi connectivity index (χ3n) is 4.59. The van der Waals surface area contributed by atoms with Gasteiger partial charge in [0.1, 0.15) is 5.69 Å². The third-order valence-corrected chi connectivity index (χ3v) is 4.83. The normalized spacial score (nSPS) is 13.5. The molecule has 0 aromatic heterocycles. The van der Waals surface area contributed by atoms with Gasteiger partial charge in [-0.2, -0.15) is 0 Å². The van der Waals surface area contributed by atoms with Crippen LogP contribution < -0.4 is 14.8 Å². The molecule has 0 unspecified atom stereocenters. The molecular formula is C19H20ClN3O5. The summed E-state index contributed by atoms with van der Waals surface area (Å²) in [4.78, 5) is 25.0. The Labute approximate surface area is 167 Å². The van der Waals surface area contributed by atoms with Gasteiger partial charge in [0.05, 0.1) is 25.7 Å². The molecule has 9 heteroatoms. The number of anilines is 1. The summed E-state index contributed by atoms with van der Waals surface area (Å²) in [5.74, 6) is 1.00. The molecule has 1 aliphatic rings. The maximum Gasteiger partial charge on any atom is 0.294 e. The quantitative estimate of drug-likeness (QED) is 0.585. The zero-order valence-electron chi connectivity index (χ0n) is 15.5. The van der Waals surface area contributed by atoms with E-state index in [2.05, 4.69) is 5.32 Å². The van der Waals surface area contributed by atoms with Crippen LogP contribution in [0.3, 0.4) is 0 Å². The second-order valence-corrected chi connectivity index (χ2v) is 6.84. The van der Waals surface area contributed by atoms with E-state index in [4.69, 9.17) is 21.1 Å². The number of rotatable bonds is 6. The lowest BCUT2D eigenvalue weighted by molar-refractivity contribution is -0.383. The van der Waals surface area contributed by atoms with Crippen molar-refractivity contribution in [3.05, 3.63) is 56.6 Å². The highest BCUT2D eigenvalue weighted by molar-refractivity contribution is 6.31. The van der Waals surface area contributed by atoms with Gasteiger partial charge in [-0.15, -0.1) is 0 Å². The number of nitrogens with zero attached hydrogens (tertiary/aromatic N) is 2. The maximum atomic E-state index is 12.4. The zero-order valence-corrected chi connectivity index (χ0v) is 16.3. The standard InChI is InChI=1S/C19H20ClN3O5/c1-27-17-7-12-5-6-22(10-13(12)8-18(17)28-2)11-19(24)21-15-4-3-14(20)9-16(15)23(25)26/h3-4,7-9H,5-6,10-11H2,1-2H3,(H,21,24). The summed E-state index contributed by atoms with van der Waals surface area (Å²) in [6.45, 7) is 1.39. The van der Waals surface area contributed by atoms with Crippen molar-refractivity contribution in [2.24, 2.45) is 0 Å². The van der Waals surface area contributed by atoms with Gasteiger partial charge in [0.2, 0.25) is 5.91 Å². The van der Waals surface area contributed by atoms with Crippen LogP contribution in [-0.4, -0.2) is 43.0 Å². The van der Waals surface area contributed by atoms with E-state index in [0.717, 1.165) is 17.5 Å². The molecule has 28 heavy (non-hydrogen) atoms. The van der Waals surface area contributed by atoms with E-state index in [9.17, 15) is 14.9 Å². The number of methoxy groups -OCH3 is 2. The molecule has 0 saturated heterocycles. The van der Waals surface area contributed by atoms with Crippen LogP contribution >= 0.6 is 11.6 Å². The Morgan fingerprint density at radius 3 is 2.54 bits per heavy atom. The molecule has 0 spiro atoms. The number of amides is 1. The lowest BCUT2D eigenvalue weighted by Crippen LogP contribution is -2.37. The monoisotopic (exact) mass is 405 g/mol. The molecule has 1 heterocycles. The highest BCUT2D eigenvalue weighted by Gasteiger charge is 2.22. The van der Waals surface area contributed by atoms with Crippen molar-refractivity contribution >= 4 is 28.9 Å². The number of halogens is 1. The van der Waals surface area contributed by atoms with Crippen molar-refractivity contribution in [2.45, 2.75) is 13.0 Å².